The van der Waals surface area contributed by atoms with Gasteiger partial charge in [0.05, 0.1) is 19.4 Å². The van der Waals surface area contributed by atoms with Crippen molar-refractivity contribution in [3.63, 3.8) is 0 Å². The predicted octanol–water partition coefficient (Wildman–Crippen LogP) is 5.12. The van der Waals surface area contributed by atoms with Gasteiger partial charge in [-0.25, -0.2) is 9.97 Å². The van der Waals surface area contributed by atoms with Crippen LogP contribution in [0.1, 0.15) is 18.1 Å². The van der Waals surface area contributed by atoms with Crippen LogP contribution in [0.2, 0.25) is 0 Å². The summed E-state index contributed by atoms with van der Waals surface area (Å²) < 4.78 is 13.1. The fraction of sp³-hybridized carbons (Fsp3) is 0.167. The van der Waals surface area contributed by atoms with E-state index in [0.29, 0.717) is 23.9 Å². The van der Waals surface area contributed by atoms with Crippen LogP contribution in [0.15, 0.2) is 61.1 Å². The maximum absolute atomic E-state index is 5.61. The van der Waals surface area contributed by atoms with Crippen LogP contribution in [0.25, 0.3) is 23.0 Å². The number of nitrogens with zero attached hydrogens (tertiary/aromatic N) is 3. The molecule has 5 rings (SSSR count). The van der Waals surface area contributed by atoms with Crippen molar-refractivity contribution in [1.82, 2.24) is 14.4 Å². The lowest BCUT2D eigenvalue weighted by Gasteiger charge is -2.13. The molecule has 0 unspecified atom stereocenters. The first kappa shape index (κ1) is 18.2. The van der Waals surface area contributed by atoms with Gasteiger partial charge in [0.25, 0.3) is 0 Å². The van der Waals surface area contributed by atoms with Crippen LogP contribution >= 0.6 is 0 Å². The third-order valence-electron chi connectivity index (χ3n) is 5.17. The number of hydrogen-bond acceptors (Lipinski definition) is 5. The van der Waals surface area contributed by atoms with Gasteiger partial charge < -0.3 is 19.2 Å². The van der Waals surface area contributed by atoms with Gasteiger partial charge in [-0.05, 0) is 42.7 Å². The molecule has 2 aromatic carbocycles. The van der Waals surface area contributed by atoms with Crippen molar-refractivity contribution in [2.24, 2.45) is 0 Å². The Morgan fingerprint density at radius 2 is 2.07 bits per heavy atom. The molecule has 2 heterocycles. The highest BCUT2D eigenvalue weighted by Crippen LogP contribution is 2.33. The lowest BCUT2D eigenvalue weighted by Crippen LogP contribution is -2.01. The van der Waals surface area contributed by atoms with Crippen LogP contribution in [0.4, 0.5) is 11.5 Å². The fourth-order valence-corrected chi connectivity index (χ4v) is 3.73. The summed E-state index contributed by atoms with van der Waals surface area (Å²) in [6.07, 6.45) is 11.0. The number of anilines is 2. The second-order valence-corrected chi connectivity index (χ2v) is 7.08. The van der Waals surface area contributed by atoms with Crippen molar-refractivity contribution in [3.05, 3.63) is 72.2 Å². The SMILES string of the molecule is CCOc1ccc(Nc2nc(-c3ccc4c(c3)CC=C4)cn3ccnc23)cc1OC. The molecule has 1 aliphatic carbocycles. The molecule has 4 aromatic rings. The zero-order valence-corrected chi connectivity index (χ0v) is 16.9. The zero-order valence-electron chi connectivity index (χ0n) is 16.9. The van der Waals surface area contributed by atoms with Gasteiger partial charge in [-0.15, -0.1) is 0 Å². The molecule has 1 N–H and O–H groups in total. The topological polar surface area (TPSA) is 60.7 Å². The van der Waals surface area contributed by atoms with E-state index < -0.39 is 0 Å². The second kappa shape index (κ2) is 7.55. The normalized spacial score (nSPS) is 12.2. The van der Waals surface area contributed by atoms with Crippen molar-refractivity contribution in [2.45, 2.75) is 13.3 Å². The van der Waals surface area contributed by atoms with Crippen LogP contribution in [0, 0.1) is 0 Å². The Morgan fingerprint density at radius 1 is 1.13 bits per heavy atom. The minimum Gasteiger partial charge on any atom is -0.493 e. The van der Waals surface area contributed by atoms with Crippen molar-refractivity contribution >= 4 is 23.2 Å². The van der Waals surface area contributed by atoms with Gasteiger partial charge in [-0.1, -0.05) is 24.3 Å². The monoisotopic (exact) mass is 398 g/mol. The molecule has 0 amide bonds. The summed E-state index contributed by atoms with van der Waals surface area (Å²) in [5, 5.41) is 3.40. The number of rotatable bonds is 6. The molecule has 0 bridgehead atoms. The first-order valence-electron chi connectivity index (χ1n) is 9.96. The standard InChI is InChI=1S/C24H22N4O2/c1-3-30-21-10-9-19(14-22(21)29-2)26-23-24-25-11-12-28(24)15-20(27-23)18-8-7-16-5-4-6-17(16)13-18/h4-5,7-15H,3,6H2,1-2H3,(H,26,27). The Labute approximate surface area is 174 Å². The highest BCUT2D eigenvalue weighted by Gasteiger charge is 2.13. The smallest absolute Gasteiger partial charge is 0.180 e. The van der Waals surface area contributed by atoms with E-state index in [2.05, 4.69) is 40.7 Å². The summed E-state index contributed by atoms with van der Waals surface area (Å²) in [7, 11) is 1.63. The predicted molar refractivity (Wildman–Crippen MR) is 119 cm³/mol. The van der Waals surface area contributed by atoms with Gasteiger partial charge in [0.15, 0.2) is 23.0 Å². The van der Waals surface area contributed by atoms with Gasteiger partial charge in [0, 0.05) is 35.9 Å². The van der Waals surface area contributed by atoms with Gasteiger partial charge >= 0.3 is 0 Å². The molecular formula is C24H22N4O2. The quantitative estimate of drug-likeness (QED) is 0.489. The van der Waals surface area contributed by atoms with Crippen molar-refractivity contribution in [3.8, 4) is 22.8 Å². The second-order valence-electron chi connectivity index (χ2n) is 7.08. The molecule has 150 valence electrons. The molecule has 2 aromatic heterocycles. The number of imidazole rings is 1. The first-order valence-corrected chi connectivity index (χ1v) is 9.96. The Balaban J connectivity index is 1.54. The van der Waals surface area contributed by atoms with Crippen molar-refractivity contribution in [2.75, 3.05) is 19.0 Å². The molecule has 0 spiro atoms. The molecular weight excluding hydrogens is 376 g/mol. The molecule has 0 saturated carbocycles. The van der Waals surface area contributed by atoms with E-state index in [-0.39, 0.29) is 0 Å². The Kier molecular flexibility index (Phi) is 4.59. The van der Waals surface area contributed by atoms with Crippen LogP contribution in [0.5, 0.6) is 11.5 Å². The Hall–Kier alpha value is -3.80. The first-order chi connectivity index (χ1) is 14.7. The lowest BCUT2D eigenvalue weighted by atomic mass is 10.0. The van der Waals surface area contributed by atoms with Crippen molar-refractivity contribution < 1.29 is 9.47 Å². The van der Waals surface area contributed by atoms with E-state index in [9.17, 15) is 0 Å². The summed E-state index contributed by atoms with van der Waals surface area (Å²) >= 11 is 0. The summed E-state index contributed by atoms with van der Waals surface area (Å²) in [5.41, 5.74) is 6.18. The number of hydrogen-bond donors (Lipinski definition) is 1. The summed E-state index contributed by atoms with van der Waals surface area (Å²) in [6, 6.07) is 12.2. The third-order valence-corrected chi connectivity index (χ3v) is 5.17. The summed E-state index contributed by atoms with van der Waals surface area (Å²) in [5.74, 6) is 2.07. The van der Waals surface area contributed by atoms with E-state index >= 15 is 0 Å². The molecule has 6 heteroatoms. The highest BCUT2D eigenvalue weighted by molar-refractivity contribution is 5.75. The van der Waals surface area contributed by atoms with Gasteiger partial charge in [0.1, 0.15) is 0 Å². The number of ether oxygens (including phenoxy) is 2. The van der Waals surface area contributed by atoms with E-state index in [1.807, 2.05) is 41.9 Å². The maximum Gasteiger partial charge on any atom is 0.180 e. The summed E-state index contributed by atoms with van der Waals surface area (Å²) in [6.45, 7) is 2.53. The molecule has 0 atom stereocenters. The number of methoxy groups -OCH3 is 1. The molecule has 0 radical (unpaired) electrons. The molecule has 30 heavy (non-hydrogen) atoms. The van der Waals surface area contributed by atoms with E-state index in [0.717, 1.165) is 29.0 Å². The van der Waals surface area contributed by atoms with Gasteiger partial charge in [0.2, 0.25) is 0 Å². The fourth-order valence-electron chi connectivity index (χ4n) is 3.73. The van der Waals surface area contributed by atoms with E-state index in [1.165, 1.54) is 11.1 Å². The van der Waals surface area contributed by atoms with Crippen LogP contribution in [-0.2, 0) is 6.42 Å². The number of fused-ring (bicyclic) bond motifs is 2. The molecule has 6 nitrogen and oxygen atoms in total. The number of nitrogens with one attached hydrogen (secondary N) is 1. The molecule has 1 aliphatic rings. The van der Waals surface area contributed by atoms with Crippen molar-refractivity contribution in [1.29, 1.82) is 0 Å². The molecule has 0 saturated heterocycles. The number of aromatic nitrogens is 3. The highest BCUT2D eigenvalue weighted by atomic mass is 16.5. The van der Waals surface area contributed by atoms with E-state index in [1.54, 1.807) is 13.3 Å². The third kappa shape index (κ3) is 3.26. The largest absolute Gasteiger partial charge is 0.493 e. The average Bonchev–Trinajstić information content (AvgIpc) is 3.43. The average molecular weight is 398 g/mol. The maximum atomic E-state index is 5.61. The molecule has 0 fully saturated rings. The minimum atomic E-state index is 0.581. The molecule has 0 aliphatic heterocycles. The minimum absolute atomic E-state index is 0.581. The van der Waals surface area contributed by atoms with E-state index in [4.69, 9.17) is 14.5 Å². The number of allylic oxidation sites excluding steroid dienone is 1. The Bertz CT molecular complexity index is 1260. The summed E-state index contributed by atoms with van der Waals surface area (Å²) in [4.78, 5) is 9.36. The van der Waals surface area contributed by atoms with Crippen LogP contribution < -0.4 is 14.8 Å². The Morgan fingerprint density at radius 3 is 2.93 bits per heavy atom. The lowest BCUT2D eigenvalue weighted by molar-refractivity contribution is 0.311. The van der Waals surface area contributed by atoms with Crippen LogP contribution in [-0.4, -0.2) is 28.1 Å². The zero-order chi connectivity index (χ0) is 20.5. The van der Waals surface area contributed by atoms with Gasteiger partial charge in [-0.3, -0.25) is 0 Å². The van der Waals surface area contributed by atoms with Crippen LogP contribution in [0.3, 0.4) is 0 Å². The van der Waals surface area contributed by atoms with Gasteiger partial charge in [-0.2, -0.15) is 0 Å². The number of benzene rings is 2.